The fourth-order valence-corrected chi connectivity index (χ4v) is 5.88. The van der Waals surface area contributed by atoms with Gasteiger partial charge in [0.2, 0.25) is 0 Å². The van der Waals surface area contributed by atoms with Gasteiger partial charge in [0.05, 0.1) is 11.9 Å². The average Bonchev–Trinajstić information content (AvgIpc) is 2.96. The van der Waals surface area contributed by atoms with E-state index in [0.717, 1.165) is 34.3 Å². The molecule has 3 N–H and O–H groups in total. The number of nitrogens with two attached hydrogens (primary N) is 1. The Kier molecular flexibility index (Phi) is 19.2. The summed E-state index contributed by atoms with van der Waals surface area (Å²) in [6, 6.07) is 15.6. The summed E-state index contributed by atoms with van der Waals surface area (Å²) in [7, 11) is -0.398. The number of benzene rings is 2. The standard InChI is InChI=1S/C23H27N4O2PS.3C2H6/c1-4-29-30(5-2)15-31-19-12-10-18(11-13-19)26-23(28)21-22(24)25-14-20(27-21)17-8-6-16(3)7-9-17;3*1-2/h6-14H,4-5,15H2,1-3H3,(H2,24,25)(H,26,28);3*1-2H3. The fourth-order valence-electron chi connectivity index (χ4n) is 2.80. The minimum absolute atomic E-state index is 0.101. The number of nitrogens with one attached hydrogen (secondary N) is 1. The maximum atomic E-state index is 12.8. The van der Waals surface area contributed by atoms with E-state index in [1.165, 1.54) is 0 Å². The summed E-state index contributed by atoms with van der Waals surface area (Å²) < 4.78 is 5.76. The second-order valence-electron chi connectivity index (χ2n) is 6.82. The van der Waals surface area contributed by atoms with Crippen LogP contribution in [-0.4, -0.2) is 34.1 Å². The molecule has 0 fully saturated rings. The van der Waals surface area contributed by atoms with Gasteiger partial charge in [0.25, 0.3) is 5.91 Å². The summed E-state index contributed by atoms with van der Waals surface area (Å²) >= 11 is 1.77. The molecule has 0 radical (unpaired) electrons. The lowest BCUT2D eigenvalue weighted by Crippen LogP contribution is -2.17. The van der Waals surface area contributed by atoms with Crippen molar-refractivity contribution in [3.05, 3.63) is 66.0 Å². The van der Waals surface area contributed by atoms with Crippen LogP contribution in [0, 0.1) is 6.92 Å². The second kappa shape index (κ2) is 20.6. The van der Waals surface area contributed by atoms with Gasteiger partial charge in [-0.3, -0.25) is 4.79 Å². The number of hydrogen-bond acceptors (Lipinski definition) is 6. The smallest absolute Gasteiger partial charge is 0.278 e. The predicted octanol–water partition coefficient (Wildman–Crippen LogP) is 8.87. The number of carbonyl (C=O) groups excluding carboxylic acids is 1. The highest BCUT2D eigenvalue weighted by Crippen LogP contribution is 2.42. The number of hydrogen-bond donors (Lipinski definition) is 2. The van der Waals surface area contributed by atoms with Gasteiger partial charge in [-0.25, -0.2) is 9.97 Å². The number of anilines is 2. The van der Waals surface area contributed by atoms with Gasteiger partial charge in [-0.2, -0.15) is 0 Å². The van der Waals surface area contributed by atoms with Crippen molar-refractivity contribution in [2.75, 3.05) is 29.3 Å². The average molecular weight is 545 g/mol. The molecule has 0 aliphatic heterocycles. The van der Waals surface area contributed by atoms with Crippen molar-refractivity contribution in [3.63, 3.8) is 0 Å². The van der Waals surface area contributed by atoms with Gasteiger partial charge in [0.1, 0.15) is 0 Å². The minimum Gasteiger partial charge on any atom is -0.382 e. The third-order valence-corrected chi connectivity index (χ3v) is 8.12. The summed E-state index contributed by atoms with van der Waals surface area (Å²) in [6.07, 6.45) is 2.63. The molecule has 6 nitrogen and oxygen atoms in total. The van der Waals surface area contributed by atoms with Crippen LogP contribution >= 0.6 is 19.9 Å². The van der Waals surface area contributed by atoms with Crippen LogP contribution in [0.2, 0.25) is 0 Å². The predicted molar refractivity (Wildman–Crippen MR) is 165 cm³/mol. The number of amides is 1. The SMILES string of the molecule is CC.CC.CC.CCOP(CC)CSc1ccc(NC(=O)c2nc(-c3ccc(C)cc3)cnc2N)cc1. The topological polar surface area (TPSA) is 90.1 Å². The van der Waals surface area contributed by atoms with Crippen LogP contribution in [0.1, 0.15) is 71.4 Å². The zero-order valence-corrected chi connectivity index (χ0v) is 25.7. The molecule has 2 aromatic carbocycles. The molecule has 204 valence electrons. The summed E-state index contributed by atoms with van der Waals surface area (Å²) in [5.74, 6) is -0.283. The summed E-state index contributed by atoms with van der Waals surface area (Å²) in [5, 5.41) is 2.86. The van der Waals surface area contributed by atoms with Gasteiger partial charge in [0.15, 0.2) is 11.5 Å². The molecule has 0 spiro atoms. The molecule has 1 unspecified atom stereocenters. The van der Waals surface area contributed by atoms with Crippen LogP contribution in [0.3, 0.4) is 0 Å². The molecule has 1 heterocycles. The Morgan fingerprint density at radius 3 is 2.11 bits per heavy atom. The molecule has 1 atom stereocenters. The first-order chi connectivity index (χ1) is 18.0. The first kappa shape index (κ1) is 34.5. The van der Waals surface area contributed by atoms with Gasteiger partial charge in [-0.05, 0) is 44.3 Å². The van der Waals surface area contributed by atoms with Crippen LogP contribution in [-0.2, 0) is 4.52 Å². The fraction of sp³-hybridized carbons (Fsp3) is 0.414. The normalized spacial score (nSPS) is 10.4. The molecule has 8 heteroatoms. The van der Waals surface area contributed by atoms with E-state index in [-0.39, 0.29) is 17.4 Å². The monoisotopic (exact) mass is 544 g/mol. The Labute approximate surface area is 230 Å². The molecule has 0 saturated heterocycles. The van der Waals surface area contributed by atoms with E-state index in [1.807, 2.05) is 104 Å². The van der Waals surface area contributed by atoms with E-state index in [0.29, 0.717) is 11.4 Å². The van der Waals surface area contributed by atoms with Crippen LogP contribution < -0.4 is 11.1 Å². The first-order valence-corrected chi connectivity index (χ1v) is 15.7. The van der Waals surface area contributed by atoms with Crippen molar-refractivity contribution in [1.29, 1.82) is 0 Å². The van der Waals surface area contributed by atoms with Crippen molar-refractivity contribution in [3.8, 4) is 11.3 Å². The number of carbonyl (C=O) groups is 1. The Balaban J connectivity index is 0.00000201. The zero-order valence-electron chi connectivity index (χ0n) is 24.0. The van der Waals surface area contributed by atoms with Crippen LogP contribution in [0.5, 0.6) is 0 Å². The summed E-state index contributed by atoms with van der Waals surface area (Å²) in [4.78, 5) is 22.5. The Morgan fingerprint density at radius 2 is 1.57 bits per heavy atom. The largest absolute Gasteiger partial charge is 0.382 e. The Hall–Kier alpha value is -2.47. The molecule has 0 aliphatic carbocycles. The van der Waals surface area contributed by atoms with Crippen molar-refractivity contribution < 1.29 is 9.32 Å². The Morgan fingerprint density at radius 1 is 0.973 bits per heavy atom. The molecule has 3 rings (SSSR count). The summed E-state index contributed by atoms with van der Waals surface area (Å²) in [5.41, 5.74) is 10.3. The summed E-state index contributed by atoms with van der Waals surface area (Å²) in [6.45, 7) is 19.0. The molecule has 0 bridgehead atoms. The van der Waals surface area contributed by atoms with Crippen molar-refractivity contribution in [1.82, 2.24) is 9.97 Å². The van der Waals surface area contributed by atoms with E-state index in [9.17, 15) is 4.79 Å². The molecular weight excluding hydrogens is 499 g/mol. The van der Waals surface area contributed by atoms with Crippen molar-refractivity contribution >= 4 is 37.3 Å². The first-order valence-electron chi connectivity index (χ1n) is 13.1. The third-order valence-electron chi connectivity index (χ3n) is 4.51. The van der Waals surface area contributed by atoms with E-state index in [2.05, 4.69) is 22.2 Å². The molecule has 3 aromatic rings. The molecular formula is C29H45N4O2PS. The van der Waals surface area contributed by atoms with Crippen LogP contribution in [0.25, 0.3) is 11.3 Å². The van der Waals surface area contributed by atoms with Gasteiger partial charge < -0.3 is 15.6 Å². The van der Waals surface area contributed by atoms with Crippen molar-refractivity contribution in [2.45, 2.75) is 67.2 Å². The number of aryl methyl sites for hydroxylation is 1. The molecule has 1 amide bonds. The maximum Gasteiger partial charge on any atom is 0.278 e. The number of nitrogen functional groups attached to an aromatic ring is 1. The van der Waals surface area contributed by atoms with Crippen LogP contribution in [0.4, 0.5) is 11.5 Å². The van der Waals surface area contributed by atoms with Gasteiger partial charge in [-0.1, -0.05) is 78.3 Å². The van der Waals surface area contributed by atoms with Crippen LogP contribution in [0.15, 0.2) is 59.6 Å². The van der Waals surface area contributed by atoms with Crippen molar-refractivity contribution in [2.24, 2.45) is 0 Å². The van der Waals surface area contributed by atoms with E-state index in [1.54, 1.807) is 18.0 Å². The highest BCUT2D eigenvalue weighted by atomic mass is 32.2. The highest BCUT2D eigenvalue weighted by Gasteiger charge is 2.15. The molecule has 0 aliphatic rings. The molecule has 0 saturated carbocycles. The van der Waals surface area contributed by atoms with Gasteiger partial charge in [-0.15, -0.1) is 11.8 Å². The lowest BCUT2D eigenvalue weighted by molar-refractivity contribution is 0.102. The van der Waals surface area contributed by atoms with E-state index in [4.69, 9.17) is 10.3 Å². The lowest BCUT2D eigenvalue weighted by atomic mass is 10.1. The van der Waals surface area contributed by atoms with Gasteiger partial charge in [0, 0.05) is 36.4 Å². The van der Waals surface area contributed by atoms with E-state index < -0.39 is 8.15 Å². The Bertz CT molecular complexity index is 1020. The lowest BCUT2D eigenvalue weighted by Gasteiger charge is -2.14. The van der Waals surface area contributed by atoms with E-state index >= 15 is 0 Å². The van der Waals surface area contributed by atoms with Gasteiger partial charge >= 0.3 is 0 Å². The highest BCUT2D eigenvalue weighted by molar-refractivity contribution is 8.04. The number of thioether (sulfide) groups is 1. The number of nitrogens with zero attached hydrogens (tertiary/aromatic N) is 2. The molecule has 1 aromatic heterocycles. The zero-order chi connectivity index (χ0) is 28.2. The second-order valence-corrected chi connectivity index (χ2v) is 10.5. The quantitative estimate of drug-likeness (QED) is 0.206. The third kappa shape index (κ3) is 12.1. The number of aromatic nitrogens is 2. The molecule has 37 heavy (non-hydrogen) atoms. The number of rotatable bonds is 9. The minimum atomic E-state index is -0.398. The maximum absolute atomic E-state index is 12.8.